The third kappa shape index (κ3) is 1.22. The van der Waals surface area contributed by atoms with Crippen LogP contribution in [0.25, 0.3) is 21.3 Å². The molecule has 0 fully saturated rings. The van der Waals surface area contributed by atoms with E-state index >= 15 is 0 Å². The van der Waals surface area contributed by atoms with Crippen molar-refractivity contribution in [3.05, 3.63) is 51.1 Å². The summed E-state index contributed by atoms with van der Waals surface area (Å²) in [5.41, 5.74) is 8.79. The number of nitrogens with zero attached hydrogens (tertiary/aromatic N) is 3. The molecular formula is C9H6N4O. The minimum Gasteiger partial charge on any atom is -0.360 e. The third-order valence-electron chi connectivity index (χ3n) is 1.92. The number of fused-ring (bicyclic) bond motifs is 1. The summed E-state index contributed by atoms with van der Waals surface area (Å²) < 4.78 is 0. The molecule has 0 radical (unpaired) electrons. The number of azide groups is 1. The van der Waals surface area contributed by atoms with Crippen LogP contribution >= 0.6 is 0 Å². The first-order valence-electron chi connectivity index (χ1n) is 3.98. The van der Waals surface area contributed by atoms with Crippen molar-refractivity contribution < 1.29 is 0 Å². The van der Waals surface area contributed by atoms with Gasteiger partial charge < -0.3 is 4.98 Å². The Labute approximate surface area is 78.6 Å². The van der Waals surface area contributed by atoms with E-state index < -0.39 is 0 Å². The van der Waals surface area contributed by atoms with Crippen molar-refractivity contribution in [1.82, 2.24) is 4.98 Å². The van der Waals surface area contributed by atoms with Crippen molar-refractivity contribution in [1.29, 1.82) is 0 Å². The smallest absolute Gasteiger partial charge is 0.198 e. The monoisotopic (exact) mass is 186 g/mol. The van der Waals surface area contributed by atoms with Crippen LogP contribution in [0.3, 0.4) is 0 Å². The zero-order chi connectivity index (χ0) is 9.97. The number of aromatic amines is 1. The lowest BCUT2D eigenvalue weighted by Crippen LogP contribution is -2.01. The number of H-pyrrole nitrogens is 1. The van der Waals surface area contributed by atoms with Gasteiger partial charge in [-0.15, -0.1) is 0 Å². The van der Waals surface area contributed by atoms with E-state index in [-0.39, 0.29) is 11.1 Å². The fraction of sp³-hybridized carbons (Fsp3) is 0. The fourth-order valence-corrected chi connectivity index (χ4v) is 1.28. The summed E-state index contributed by atoms with van der Waals surface area (Å²) in [5, 5.41) is 3.82. The molecule has 2 aromatic rings. The Morgan fingerprint density at radius 3 is 2.93 bits per heavy atom. The van der Waals surface area contributed by atoms with Crippen LogP contribution in [0.15, 0.2) is 40.4 Å². The van der Waals surface area contributed by atoms with Crippen LogP contribution in [-0.2, 0) is 0 Å². The number of aromatic nitrogens is 1. The lowest BCUT2D eigenvalue weighted by molar-refractivity contribution is 1.33. The Kier molecular flexibility index (Phi) is 1.93. The summed E-state index contributed by atoms with van der Waals surface area (Å²) >= 11 is 0. The van der Waals surface area contributed by atoms with Gasteiger partial charge in [-0.25, -0.2) is 0 Å². The van der Waals surface area contributed by atoms with Crippen molar-refractivity contribution in [3.8, 4) is 0 Å². The van der Waals surface area contributed by atoms with Crippen LogP contribution in [0.2, 0.25) is 0 Å². The third-order valence-corrected chi connectivity index (χ3v) is 1.92. The largest absolute Gasteiger partial charge is 0.360 e. The van der Waals surface area contributed by atoms with Crippen molar-refractivity contribution >= 4 is 16.6 Å². The highest BCUT2D eigenvalue weighted by atomic mass is 16.1. The minimum absolute atomic E-state index is 0.0891. The highest BCUT2D eigenvalue weighted by Crippen LogP contribution is 2.11. The molecule has 1 heterocycles. The van der Waals surface area contributed by atoms with Gasteiger partial charge in [-0.05, 0) is 17.7 Å². The summed E-state index contributed by atoms with van der Waals surface area (Å²) in [7, 11) is 0. The first-order chi connectivity index (χ1) is 6.83. The molecule has 0 aliphatic carbocycles. The first kappa shape index (κ1) is 8.34. The van der Waals surface area contributed by atoms with Gasteiger partial charge in [-0.1, -0.05) is 17.2 Å². The Hall–Kier alpha value is -2.26. The Balaban J connectivity index is 2.88. The normalized spacial score (nSPS) is 9.71. The molecule has 0 unspecified atom stereocenters. The van der Waals surface area contributed by atoms with Gasteiger partial charge in [0.25, 0.3) is 0 Å². The number of hydrogen-bond donors (Lipinski definition) is 1. The molecular weight excluding hydrogens is 180 g/mol. The standard InChI is InChI=1S/C9H6N4O/c10-13-12-8-5-11-7-4-2-1-3-6(7)9(8)14/h1-5H,(H,11,14). The zero-order valence-corrected chi connectivity index (χ0v) is 7.14. The molecule has 0 saturated carbocycles. The molecule has 2 rings (SSSR count). The maximum Gasteiger partial charge on any atom is 0.198 e. The quantitative estimate of drug-likeness (QED) is 0.414. The molecule has 0 spiro atoms. The van der Waals surface area contributed by atoms with Gasteiger partial charge in [-0.3, -0.25) is 4.79 Å². The molecule has 0 aliphatic heterocycles. The molecule has 5 nitrogen and oxygen atoms in total. The average molecular weight is 186 g/mol. The van der Waals surface area contributed by atoms with Crippen molar-refractivity contribution in [2.75, 3.05) is 0 Å². The molecule has 0 saturated heterocycles. The minimum atomic E-state index is -0.253. The lowest BCUT2D eigenvalue weighted by Gasteiger charge is -1.96. The van der Waals surface area contributed by atoms with Gasteiger partial charge in [0.05, 0.1) is 0 Å². The van der Waals surface area contributed by atoms with Crippen LogP contribution in [-0.4, -0.2) is 4.98 Å². The maximum atomic E-state index is 11.6. The summed E-state index contributed by atoms with van der Waals surface area (Å²) in [6.07, 6.45) is 1.41. The maximum absolute atomic E-state index is 11.6. The van der Waals surface area contributed by atoms with Gasteiger partial charge in [0.2, 0.25) is 0 Å². The van der Waals surface area contributed by atoms with Gasteiger partial charge in [0, 0.05) is 22.0 Å². The van der Waals surface area contributed by atoms with Crippen LogP contribution in [0.4, 0.5) is 5.69 Å². The molecule has 5 heteroatoms. The second kappa shape index (κ2) is 3.24. The first-order valence-corrected chi connectivity index (χ1v) is 3.98. The molecule has 0 aliphatic rings. The fourth-order valence-electron chi connectivity index (χ4n) is 1.28. The summed E-state index contributed by atoms with van der Waals surface area (Å²) in [4.78, 5) is 17.1. The Morgan fingerprint density at radius 1 is 1.36 bits per heavy atom. The molecule has 14 heavy (non-hydrogen) atoms. The number of rotatable bonds is 1. The molecule has 0 atom stereocenters. The molecule has 0 amide bonds. The average Bonchev–Trinajstić information content (AvgIpc) is 2.23. The van der Waals surface area contributed by atoms with Crippen LogP contribution < -0.4 is 5.43 Å². The van der Waals surface area contributed by atoms with E-state index in [9.17, 15) is 4.79 Å². The Bertz CT molecular complexity index is 581. The van der Waals surface area contributed by atoms with E-state index in [1.807, 2.05) is 6.07 Å². The van der Waals surface area contributed by atoms with Crippen LogP contribution in [0.5, 0.6) is 0 Å². The number of nitrogens with one attached hydrogen (secondary N) is 1. The SMILES string of the molecule is [N-]=[N+]=Nc1c[nH]c2ccccc2c1=O. The number of hydrogen-bond acceptors (Lipinski definition) is 2. The van der Waals surface area contributed by atoms with Gasteiger partial charge in [-0.2, -0.15) is 0 Å². The highest BCUT2D eigenvalue weighted by Gasteiger charge is 2.01. The second-order valence-corrected chi connectivity index (χ2v) is 2.74. The number of pyridine rings is 1. The van der Waals surface area contributed by atoms with E-state index in [1.165, 1.54) is 6.20 Å². The van der Waals surface area contributed by atoms with E-state index in [2.05, 4.69) is 15.0 Å². The van der Waals surface area contributed by atoms with Crippen LogP contribution in [0.1, 0.15) is 0 Å². The predicted molar refractivity (Wildman–Crippen MR) is 53.4 cm³/mol. The summed E-state index contributed by atoms with van der Waals surface area (Å²) in [6.45, 7) is 0. The lowest BCUT2D eigenvalue weighted by atomic mass is 10.2. The number of benzene rings is 1. The van der Waals surface area contributed by atoms with Crippen LogP contribution in [0, 0.1) is 0 Å². The van der Waals surface area contributed by atoms with E-state index in [1.54, 1.807) is 18.2 Å². The van der Waals surface area contributed by atoms with Crippen molar-refractivity contribution in [3.63, 3.8) is 0 Å². The second-order valence-electron chi connectivity index (χ2n) is 2.74. The van der Waals surface area contributed by atoms with Crippen molar-refractivity contribution in [2.45, 2.75) is 0 Å². The molecule has 0 bridgehead atoms. The van der Waals surface area contributed by atoms with Gasteiger partial charge >= 0.3 is 0 Å². The summed E-state index contributed by atoms with van der Waals surface area (Å²) in [5.74, 6) is 0. The van der Waals surface area contributed by atoms with E-state index in [0.717, 1.165) is 5.52 Å². The highest BCUT2D eigenvalue weighted by molar-refractivity contribution is 5.80. The van der Waals surface area contributed by atoms with Crippen molar-refractivity contribution in [2.24, 2.45) is 5.11 Å². The van der Waals surface area contributed by atoms with E-state index in [0.29, 0.717) is 5.39 Å². The van der Waals surface area contributed by atoms with E-state index in [4.69, 9.17) is 5.53 Å². The molecule has 68 valence electrons. The molecule has 1 N–H and O–H groups in total. The Morgan fingerprint density at radius 2 is 2.14 bits per heavy atom. The van der Waals surface area contributed by atoms with Gasteiger partial charge in [0.1, 0.15) is 5.69 Å². The molecule has 1 aromatic heterocycles. The predicted octanol–water partition coefficient (Wildman–Crippen LogP) is 2.47. The zero-order valence-electron chi connectivity index (χ0n) is 7.14. The molecule has 1 aromatic carbocycles. The number of para-hydroxylation sites is 1. The summed E-state index contributed by atoms with van der Waals surface area (Å²) in [6, 6.07) is 7.06. The topological polar surface area (TPSA) is 81.6 Å². The van der Waals surface area contributed by atoms with Gasteiger partial charge in [0.15, 0.2) is 5.43 Å².